The van der Waals surface area contributed by atoms with Crippen LogP contribution in [0.4, 0.5) is 5.69 Å². The Morgan fingerprint density at radius 3 is 2.46 bits per heavy atom. The molecule has 0 bridgehead atoms. The van der Waals surface area contributed by atoms with Crippen LogP contribution >= 0.6 is 11.6 Å². The molecule has 35 heavy (non-hydrogen) atoms. The first-order valence-electron chi connectivity index (χ1n) is 11.7. The fraction of sp³-hybridized carbons (Fsp3) is 0.259. The van der Waals surface area contributed by atoms with E-state index >= 15 is 0 Å². The second-order valence-corrected chi connectivity index (χ2v) is 10.5. The molecule has 6 nitrogen and oxygen atoms in total. The molecule has 2 amide bonds. The molecule has 0 unspecified atom stereocenters. The number of halogens is 1. The summed E-state index contributed by atoms with van der Waals surface area (Å²) in [6.07, 6.45) is 0. The summed E-state index contributed by atoms with van der Waals surface area (Å²) in [5.74, 6) is -0.333. The van der Waals surface area contributed by atoms with Crippen molar-refractivity contribution in [2.45, 2.75) is 23.3 Å². The lowest BCUT2D eigenvalue weighted by atomic mass is 10.1. The van der Waals surface area contributed by atoms with Gasteiger partial charge in [-0.2, -0.15) is 0 Å². The monoisotopic (exact) mass is 507 g/mol. The molecule has 0 radical (unpaired) electrons. The summed E-state index contributed by atoms with van der Waals surface area (Å²) in [6.45, 7) is 6.32. The minimum Gasteiger partial charge on any atom is -0.336 e. The van der Waals surface area contributed by atoms with Crippen LogP contribution in [0.15, 0.2) is 76.5 Å². The van der Waals surface area contributed by atoms with Gasteiger partial charge in [0, 0.05) is 36.8 Å². The van der Waals surface area contributed by atoms with Gasteiger partial charge in [0.05, 0.1) is 38.4 Å². The minimum absolute atomic E-state index is 0.0775. The van der Waals surface area contributed by atoms with Crippen LogP contribution in [-0.4, -0.2) is 58.5 Å². The fourth-order valence-electron chi connectivity index (χ4n) is 4.62. The molecule has 0 N–H and O–H groups in total. The predicted octanol–water partition coefficient (Wildman–Crippen LogP) is 4.44. The van der Waals surface area contributed by atoms with Gasteiger partial charge in [-0.3, -0.25) is 9.59 Å². The Bertz CT molecular complexity index is 1320. The molecular weight excluding hydrogens is 482 g/mol. The first-order valence-corrected chi connectivity index (χ1v) is 13.2. The van der Waals surface area contributed by atoms with Gasteiger partial charge in [-0.05, 0) is 54.6 Å². The van der Waals surface area contributed by atoms with Gasteiger partial charge in [-0.25, -0.2) is 4.21 Å². The number of likely N-dealkylation sites (N-methyl/N-ethyl adjacent to an activating group) is 1. The lowest BCUT2D eigenvalue weighted by Crippen LogP contribution is -2.48. The number of rotatable bonds is 4. The van der Waals surface area contributed by atoms with Gasteiger partial charge in [0.25, 0.3) is 11.8 Å². The summed E-state index contributed by atoms with van der Waals surface area (Å²) in [5.41, 5.74) is 2.21. The van der Waals surface area contributed by atoms with Crippen LogP contribution in [-0.2, 0) is 17.3 Å². The molecule has 0 saturated carbocycles. The third-order valence-corrected chi connectivity index (χ3v) is 8.33. The lowest BCUT2D eigenvalue weighted by Gasteiger charge is -2.34. The van der Waals surface area contributed by atoms with Crippen molar-refractivity contribution in [3.8, 4) is 0 Å². The van der Waals surface area contributed by atoms with E-state index in [-0.39, 0.29) is 18.4 Å². The molecule has 1 atom stereocenters. The van der Waals surface area contributed by atoms with Crippen LogP contribution in [0.25, 0.3) is 0 Å². The first-order chi connectivity index (χ1) is 17.0. The van der Waals surface area contributed by atoms with E-state index < -0.39 is 10.8 Å². The number of nitrogens with zero attached hydrogens (tertiary/aromatic N) is 3. The average Bonchev–Trinajstić information content (AvgIpc) is 2.98. The van der Waals surface area contributed by atoms with Gasteiger partial charge in [0.15, 0.2) is 0 Å². The van der Waals surface area contributed by atoms with Crippen molar-refractivity contribution >= 4 is 39.9 Å². The average molecular weight is 508 g/mol. The van der Waals surface area contributed by atoms with Crippen molar-refractivity contribution in [2.24, 2.45) is 0 Å². The number of amides is 2. The van der Waals surface area contributed by atoms with Crippen molar-refractivity contribution in [3.05, 3.63) is 88.4 Å². The first kappa shape index (κ1) is 23.7. The summed E-state index contributed by atoms with van der Waals surface area (Å²) in [5, 5.41) is 0.573. The highest BCUT2D eigenvalue weighted by Gasteiger charge is 2.32. The molecule has 3 aromatic carbocycles. The largest absolute Gasteiger partial charge is 0.336 e. The SMILES string of the molecule is CCN1CCN(C(=O)c2ccc3c(c2)N(Cc2cccc(Cl)c2)C(=O)c2ccccc2[S@]3=O)CC1. The number of fused-ring (bicyclic) bond motifs is 2. The summed E-state index contributed by atoms with van der Waals surface area (Å²) >= 11 is 6.20. The highest BCUT2D eigenvalue weighted by Crippen LogP contribution is 2.36. The molecular formula is C27H26ClN3O3S. The molecule has 5 rings (SSSR count). The molecule has 180 valence electrons. The molecule has 1 fully saturated rings. The number of carbonyl (C=O) groups is 2. The standard InChI is InChI=1S/C27H26ClN3O3S/c1-2-29-12-14-30(15-13-29)26(32)20-10-11-25-23(17-20)31(18-19-6-5-7-21(28)16-19)27(33)22-8-3-4-9-24(22)35(25)34/h3-11,16-17H,2,12-15,18H2,1H3/t35-/m1/s1. The number of carbonyl (C=O) groups excluding carboxylic acids is 2. The number of hydrogen-bond acceptors (Lipinski definition) is 4. The highest BCUT2D eigenvalue weighted by atomic mass is 35.5. The summed E-state index contributed by atoms with van der Waals surface area (Å²) in [7, 11) is -1.56. The van der Waals surface area contributed by atoms with E-state index in [0.29, 0.717) is 44.7 Å². The highest BCUT2D eigenvalue weighted by molar-refractivity contribution is 7.85. The minimum atomic E-state index is -1.56. The predicted molar refractivity (Wildman–Crippen MR) is 138 cm³/mol. The maximum Gasteiger partial charge on any atom is 0.259 e. The number of anilines is 1. The van der Waals surface area contributed by atoms with Gasteiger partial charge >= 0.3 is 0 Å². The smallest absolute Gasteiger partial charge is 0.259 e. The van der Waals surface area contributed by atoms with E-state index in [2.05, 4.69) is 11.8 Å². The topological polar surface area (TPSA) is 60.9 Å². The van der Waals surface area contributed by atoms with Crippen LogP contribution in [0, 0.1) is 0 Å². The molecule has 0 spiro atoms. The molecule has 2 aliphatic heterocycles. The van der Waals surface area contributed by atoms with E-state index in [1.807, 2.05) is 23.1 Å². The van der Waals surface area contributed by atoms with E-state index in [0.717, 1.165) is 25.2 Å². The molecule has 3 aromatic rings. The van der Waals surface area contributed by atoms with Crippen molar-refractivity contribution < 1.29 is 13.8 Å². The Kier molecular flexibility index (Phi) is 6.73. The van der Waals surface area contributed by atoms with Gasteiger partial charge in [0.2, 0.25) is 0 Å². The molecule has 2 heterocycles. The Balaban J connectivity index is 1.57. The van der Waals surface area contributed by atoms with Gasteiger partial charge in [-0.15, -0.1) is 0 Å². The quantitative estimate of drug-likeness (QED) is 0.523. The van der Waals surface area contributed by atoms with E-state index in [1.165, 1.54) is 0 Å². The Labute approximate surface area is 212 Å². The number of benzene rings is 3. The summed E-state index contributed by atoms with van der Waals surface area (Å²) in [4.78, 5) is 33.9. The second-order valence-electron chi connectivity index (χ2n) is 8.70. The maximum absolute atomic E-state index is 13.7. The number of hydrogen-bond donors (Lipinski definition) is 0. The van der Waals surface area contributed by atoms with Crippen molar-refractivity contribution in [1.29, 1.82) is 0 Å². The molecule has 0 aliphatic carbocycles. The van der Waals surface area contributed by atoms with Crippen LogP contribution in [0.2, 0.25) is 5.02 Å². The molecule has 8 heteroatoms. The van der Waals surface area contributed by atoms with Crippen LogP contribution in [0.1, 0.15) is 33.2 Å². The zero-order valence-electron chi connectivity index (χ0n) is 19.4. The van der Waals surface area contributed by atoms with E-state index in [1.54, 1.807) is 53.4 Å². The fourth-order valence-corrected chi connectivity index (χ4v) is 6.18. The lowest BCUT2D eigenvalue weighted by molar-refractivity contribution is 0.0643. The molecule has 2 aliphatic rings. The molecule has 0 aromatic heterocycles. The van der Waals surface area contributed by atoms with E-state index in [9.17, 15) is 13.8 Å². The zero-order chi connectivity index (χ0) is 24.5. The Morgan fingerprint density at radius 1 is 0.943 bits per heavy atom. The van der Waals surface area contributed by atoms with Gasteiger partial charge < -0.3 is 14.7 Å². The van der Waals surface area contributed by atoms with Crippen molar-refractivity contribution in [1.82, 2.24) is 9.80 Å². The Morgan fingerprint density at radius 2 is 1.71 bits per heavy atom. The summed E-state index contributed by atoms with van der Waals surface area (Å²) < 4.78 is 13.6. The van der Waals surface area contributed by atoms with Crippen molar-refractivity contribution in [3.63, 3.8) is 0 Å². The summed E-state index contributed by atoms with van der Waals surface area (Å²) in [6, 6.07) is 19.5. The van der Waals surface area contributed by atoms with Crippen LogP contribution in [0.3, 0.4) is 0 Å². The van der Waals surface area contributed by atoms with Crippen molar-refractivity contribution in [2.75, 3.05) is 37.6 Å². The second kappa shape index (κ2) is 9.93. The maximum atomic E-state index is 13.7. The Hall–Kier alpha value is -3.00. The molecule has 1 saturated heterocycles. The third kappa shape index (κ3) is 4.63. The zero-order valence-corrected chi connectivity index (χ0v) is 21.0. The third-order valence-electron chi connectivity index (χ3n) is 6.60. The van der Waals surface area contributed by atoms with E-state index in [4.69, 9.17) is 11.6 Å². The van der Waals surface area contributed by atoms with Crippen LogP contribution < -0.4 is 4.90 Å². The van der Waals surface area contributed by atoms with Gasteiger partial charge in [-0.1, -0.05) is 42.8 Å². The van der Waals surface area contributed by atoms with Gasteiger partial charge in [0.1, 0.15) is 0 Å². The van der Waals surface area contributed by atoms with Crippen LogP contribution in [0.5, 0.6) is 0 Å². The number of piperazine rings is 1. The normalized spacial score (nSPS) is 18.1.